The maximum atomic E-state index is 12.2. The van der Waals surface area contributed by atoms with Crippen LogP contribution >= 0.6 is 0 Å². The lowest BCUT2D eigenvalue weighted by Crippen LogP contribution is -2.40. The van der Waals surface area contributed by atoms with Crippen LogP contribution in [0.3, 0.4) is 0 Å². The maximum absolute atomic E-state index is 12.2. The summed E-state index contributed by atoms with van der Waals surface area (Å²) in [6.45, 7) is 7.50. The second kappa shape index (κ2) is 6.78. The van der Waals surface area contributed by atoms with Crippen molar-refractivity contribution < 1.29 is 17.6 Å². The van der Waals surface area contributed by atoms with Gasteiger partial charge in [0.25, 0.3) is 15.9 Å². The van der Waals surface area contributed by atoms with E-state index < -0.39 is 21.5 Å². The van der Waals surface area contributed by atoms with Gasteiger partial charge < -0.3 is 9.73 Å². The van der Waals surface area contributed by atoms with Crippen molar-refractivity contribution in [3.63, 3.8) is 0 Å². The van der Waals surface area contributed by atoms with E-state index in [-0.39, 0.29) is 10.9 Å². The number of benzene rings is 1. The number of carbonyl (C=O) groups excluding carboxylic acids is 1. The summed E-state index contributed by atoms with van der Waals surface area (Å²) in [5.74, 6) is -0.510. The lowest BCUT2D eigenvalue weighted by atomic mass is 10.1. The summed E-state index contributed by atoms with van der Waals surface area (Å²) in [6.07, 6.45) is 0. The van der Waals surface area contributed by atoms with Crippen LogP contribution < -0.4 is 10.0 Å². The minimum absolute atomic E-state index is 0.0450. The molecule has 1 aromatic carbocycles. The van der Waals surface area contributed by atoms with Crippen molar-refractivity contribution in [2.24, 2.45) is 0 Å². The molecule has 1 heterocycles. The van der Waals surface area contributed by atoms with E-state index in [1.165, 1.54) is 12.1 Å². The monoisotopic (exact) mass is 350 g/mol. The molecule has 2 rings (SSSR count). The molecule has 2 aromatic rings. The first-order valence-corrected chi connectivity index (χ1v) is 9.03. The van der Waals surface area contributed by atoms with Crippen LogP contribution in [0.1, 0.15) is 42.5 Å². The zero-order valence-electron chi connectivity index (χ0n) is 14.2. The van der Waals surface area contributed by atoms with Crippen LogP contribution in [0.2, 0.25) is 0 Å². The van der Waals surface area contributed by atoms with Crippen molar-refractivity contribution in [3.05, 3.63) is 53.3 Å². The molecule has 0 aliphatic heterocycles. The van der Waals surface area contributed by atoms with E-state index in [1.54, 1.807) is 20.8 Å². The highest BCUT2D eigenvalue weighted by atomic mass is 32.2. The highest BCUT2D eigenvalue weighted by molar-refractivity contribution is 7.89. The molecule has 0 atom stereocenters. The van der Waals surface area contributed by atoms with Gasteiger partial charge in [-0.25, -0.2) is 13.1 Å². The molecule has 1 aromatic heterocycles. The Morgan fingerprint density at radius 1 is 1.08 bits per heavy atom. The summed E-state index contributed by atoms with van der Waals surface area (Å²) < 4.78 is 32.0. The van der Waals surface area contributed by atoms with Crippen molar-refractivity contribution in [2.45, 2.75) is 44.9 Å². The molecule has 0 unspecified atom stereocenters. The molecule has 2 N–H and O–H groups in total. The Balaban J connectivity index is 2.04. The van der Waals surface area contributed by atoms with Gasteiger partial charge in [-0.1, -0.05) is 29.8 Å². The van der Waals surface area contributed by atoms with E-state index in [1.807, 2.05) is 31.2 Å². The first-order chi connectivity index (χ1) is 11.1. The average Bonchev–Trinajstić information content (AvgIpc) is 2.94. The van der Waals surface area contributed by atoms with Crippen molar-refractivity contribution in [2.75, 3.05) is 0 Å². The fourth-order valence-electron chi connectivity index (χ4n) is 2.02. The molecule has 0 saturated heterocycles. The van der Waals surface area contributed by atoms with E-state index in [4.69, 9.17) is 4.42 Å². The third-order valence-electron chi connectivity index (χ3n) is 3.08. The molecule has 130 valence electrons. The topological polar surface area (TPSA) is 88.4 Å². The molecule has 6 nitrogen and oxygen atoms in total. The number of hydrogen-bond acceptors (Lipinski definition) is 4. The van der Waals surface area contributed by atoms with Crippen LogP contribution in [0.15, 0.2) is 45.9 Å². The minimum atomic E-state index is -3.80. The zero-order valence-corrected chi connectivity index (χ0v) is 15.0. The summed E-state index contributed by atoms with van der Waals surface area (Å²) in [5, 5.41) is 2.42. The predicted molar refractivity (Wildman–Crippen MR) is 91.1 cm³/mol. The molecule has 0 aliphatic carbocycles. The Morgan fingerprint density at radius 3 is 2.29 bits per heavy atom. The zero-order chi connectivity index (χ0) is 18.0. The van der Waals surface area contributed by atoms with Gasteiger partial charge in [-0.3, -0.25) is 4.79 Å². The van der Waals surface area contributed by atoms with Gasteiger partial charge in [-0.15, -0.1) is 0 Å². The molecule has 0 bridgehead atoms. The van der Waals surface area contributed by atoms with E-state index in [0.29, 0.717) is 6.54 Å². The fraction of sp³-hybridized carbons (Fsp3) is 0.353. The number of carbonyl (C=O) groups is 1. The molecule has 0 saturated carbocycles. The third kappa shape index (κ3) is 4.94. The maximum Gasteiger partial charge on any atom is 0.287 e. The van der Waals surface area contributed by atoms with Crippen molar-refractivity contribution >= 4 is 15.9 Å². The average molecular weight is 350 g/mol. The highest BCUT2D eigenvalue weighted by Gasteiger charge is 2.26. The molecule has 0 fully saturated rings. The van der Waals surface area contributed by atoms with Crippen molar-refractivity contribution in [1.82, 2.24) is 10.0 Å². The minimum Gasteiger partial charge on any atom is -0.438 e. The van der Waals surface area contributed by atoms with Gasteiger partial charge >= 0.3 is 0 Å². The van der Waals surface area contributed by atoms with Crippen LogP contribution in [-0.2, 0) is 16.6 Å². The van der Waals surface area contributed by atoms with E-state index in [0.717, 1.165) is 11.1 Å². The van der Waals surface area contributed by atoms with E-state index >= 15 is 0 Å². The summed E-state index contributed by atoms with van der Waals surface area (Å²) in [7, 11) is -3.80. The second-order valence-corrected chi connectivity index (χ2v) is 8.26. The van der Waals surface area contributed by atoms with Gasteiger partial charge in [0.05, 0.1) is 0 Å². The number of hydrogen-bond donors (Lipinski definition) is 2. The molecule has 1 amide bonds. The fourth-order valence-corrected chi connectivity index (χ4v) is 3.37. The number of sulfonamides is 1. The molecule has 24 heavy (non-hydrogen) atoms. The molecular weight excluding hydrogens is 328 g/mol. The summed E-state index contributed by atoms with van der Waals surface area (Å²) in [4.78, 5) is 12.1. The summed E-state index contributed by atoms with van der Waals surface area (Å²) in [5.41, 5.74) is 1.44. The Kier molecular flexibility index (Phi) is 5.15. The van der Waals surface area contributed by atoms with Crippen LogP contribution in [0.25, 0.3) is 0 Å². The summed E-state index contributed by atoms with van der Waals surface area (Å²) in [6, 6.07) is 10.4. The quantitative estimate of drug-likeness (QED) is 0.867. The van der Waals surface area contributed by atoms with E-state index in [9.17, 15) is 13.2 Å². The normalized spacial score (nSPS) is 12.2. The lowest BCUT2D eigenvalue weighted by Gasteiger charge is -2.18. The van der Waals surface area contributed by atoms with Gasteiger partial charge in [-0.2, -0.15) is 0 Å². The lowest BCUT2D eigenvalue weighted by molar-refractivity contribution is 0.0918. The standard InChI is InChI=1S/C17H22N2O4S/c1-12-5-7-13(8-6-12)11-18-16(20)14-9-10-15(23-14)24(21,22)19-17(2,3)4/h5-10,19H,11H2,1-4H3,(H,18,20). The predicted octanol–water partition coefficient (Wildman–Crippen LogP) is 2.59. The Bertz CT molecular complexity index is 815. The van der Waals surface area contributed by atoms with Gasteiger partial charge in [0.15, 0.2) is 5.76 Å². The Morgan fingerprint density at radius 2 is 1.71 bits per heavy atom. The molecule has 7 heteroatoms. The SMILES string of the molecule is Cc1ccc(CNC(=O)c2ccc(S(=O)(=O)NC(C)(C)C)o2)cc1. The van der Waals surface area contributed by atoms with E-state index in [2.05, 4.69) is 10.0 Å². The Labute approximate surface area is 142 Å². The number of nitrogens with one attached hydrogen (secondary N) is 2. The Hall–Kier alpha value is -2.12. The van der Waals surface area contributed by atoms with Crippen LogP contribution in [0.5, 0.6) is 0 Å². The largest absolute Gasteiger partial charge is 0.438 e. The molecule has 0 spiro atoms. The van der Waals surface area contributed by atoms with Gasteiger partial charge in [0, 0.05) is 12.1 Å². The van der Waals surface area contributed by atoms with Gasteiger partial charge in [-0.05, 0) is 45.4 Å². The number of aryl methyl sites for hydroxylation is 1. The van der Waals surface area contributed by atoms with Crippen molar-refractivity contribution in [3.8, 4) is 0 Å². The molecular formula is C17H22N2O4S. The van der Waals surface area contributed by atoms with Crippen molar-refractivity contribution in [1.29, 1.82) is 0 Å². The number of rotatable bonds is 5. The third-order valence-corrected chi connectivity index (χ3v) is 4.71. The van der Waals surface area contributed by atoms with Crippen LogP contribution in [-0.4, -0.2) is 19.9 Å². The first-order valence-electron chi connectivity index (χ1n) is 7.54. The highest BCUT2D eigenvalue weighted by Crippen LogP contribution is 2.16. The second-order valence-electron chi connectivity index (χ2n) is 6.64. The first kappa shape index (κ1) is 18.2. The number of furan rings is 1. The van der Waals surface area contributed by atoms with Crippen LogP contribution in [0, 0.1) is 6.92 Å². The number of amides is 1. The molecule has 0 aliphatic rings. The van der Waals surface area contributed by atoms with Gasteiger partial charge in [0.2, 0.25) is 5.09 Å². The van der Waals surface area contributed by atoms with Crippen LogP contribution in [0.4, 0.5) is 0 Å². The summed E-state index contributed by atoms with van der Waals surface area (Å²) >= 11 is 0. The van der Waals surface area contributed by atoms with Gasteiger partial charge in [0.1, 0.15) is 0 Å². The smallest absolute Gasteiger partial charge is 0.287 e. The molecule has 0 radical (unpaired) electrons.